The monoisotopic (exact) mass is 711 g/mol. The van der Waals surface area contributed by atoms with E-state index in [1.807, 2.05) is 0 Å². The zero-order chi connectivity index (χ0) is 37.2. The highest BCUT2D eigenvalue weighted by Gasteiger charge is 2.66. The van der Waals surface area contributed by atoms with Crippen molar-refractivity contribution in [2.45, 2.75) is 49.3 Å². The molecule has 0 saturated heterocycles. The van der Waals surface area contributed by atoms with Crippen molar-refractivity contribution < 1.29 is 52.9 Å². The van der Waals surface area contributed by atoms with Gasteiger partial charge in [-0.15, -0.1) is 0 Å². The van der Waals surface area contributed by atoms with E-state index in [0.717, 1.165) is 0 Å². The highest BCUT2D eigenvalue weighted by Crippen LogP contribution is 2.57. The van der Waals surface area contributed by atoms with Gasteiger partial charge in [-0.25, -0.2) is 13.1 Å². The molecule has 17 heteroatoms. The third-order valence-electron chi connectivity index (χ3n) is 9.60. The number of primary amides is 1. The molecule has 0 aliphatic heterocycles. The topological polar surface area (TPSA) is 280 Å². The summed E-state index contributed by atoms with van der Waals surface area (Å²) in [5.74, 6) is -7.77. The first-order chi connectivity index (χ1) is 23.2. The van der Waals surface area contributed by atoms with Crippen LogP contribution in [0.3, 0.4) is 0 Å². The number of aryl methyl sites for hydroxylation is 1. The zero-order valence-corrected chi connectivity index (χ0v) is 28.4. The van der Waals surface area contributed by atoms with Crippen LogP contribution in [0.15, 0.2) is 68.8 Å². The molecule has 0 radical (unpaired) electrons. The Bertz CT molecular complexity index is 2100. The van der Waals surface area contributed by atoms with E-state index in [2.05, 4.69) is 9.88 Å². The molecular weight excluding hydrogens is 674 g/mol. The number of nitrogens with one attached hydrogen (secondary N) is 1. The number of ketones is 2. The molecule has 10 N–H and O–H groups in total. The number of nitrogens with two attached hydrogens (primary N) is 2. The zero-order valence-electron chi connectivity index (χ0n) is 27.6. The first kappa shape index (κ1) is 36.1. The number of nitrogen functional groups attached to an aromatic ring is 1. The Balaban J connectivity index is 0.000000228. The number of Topliss-reactive ketones (excluding diaryl/α,β-unsaturated/α-hetero) is 2. The number of likely N-dealkylation sites (N-methyl/N-ethyl adjacent to an activating group) is 1. The fourth-order valence-corrected chi connectivity index (χ4v) is 7.89. The first-order valence-electron chi connectivity index (χ1n) is 15.2. The molecule has 1 heterocycles. The van der Waals surface area contributed by atoms with Crippen molar-refractivity contribution in [2.24, 2.45) is 17.6 Å². The van der Waals surface area contributed by atoms with Gasteiger partial charge in [0.25, 0.3) is 15.9 Å². The van der Waals surface area contributed by atoms with Crippen molar-refractivity contribution >= 4 is 44.8 Å². The van der Waals surface area contributed by atoms with Crippen LogP contribution in [0.25, 0.3) is 5.76 Å². The van der Waals surface area contributed by atoms with Gasteiger partial charge in [0.1, 0.15) is 22.8 Å². The number of carbonyl (C=O) groups is 3. The van der Waals surface area contributed by atoms with Gasteiger partial charge in [-0.1, -0.05) is 17.3 Å². The summed E-state index contributed by atoms with van der Waals surface area (Å²) in [7, 11) is -0.671. The standard InChI is InChI=1S/C22H24N2O8.C11H13N3O3S/c1-21(31)8-5-4-6-11(25)12(8)16(26)13-9(21)7-10-15(24(2)3)17(27)14(20(23)30)19(29)22(10,32)18(13)28;1-7-8(2)13-17-11(7)14-18(15,16)10-5-3-9(12)4-6-10/h4-6,9-10,15,25-26,29,31-32H,7H2,1-3H3,(H2,23,30);3-6,14H,12H2,1-2H3/t9-,10-,15-,21+,22-;/m0./s1. The molecule has 0 spiro atoms. The summed E-state index contributed by atoms with van der Waals surface area (Å²) in [6.07, 6.45) is -0.200. The Morgan fingerprint density at radius 2 is 1.68 bits per heavy atom. The molecule has 1 aromatic heterocycles. The lowest BCUT2D eigenvalue weighted by molar-refractivity contribution is -0.159. The molecule has 3 aliphatic carbocycles. The number of amides is 1. The van der Waals surface area contributed by atoms with Gasteiger partial charge in [-0.05, 0) is 77.2 Å². The van der Waals surface area contributed by atoms with E-state index < -0.39 is 85.0 Å². The predicted octanol–water partition coefficient (Wildman–Crippen LogP) is 1.30. The fourth-order valence-electron chi connectivity index (χ4n) is 6.84. The van der Waals surface area contributed by atoms with E-state index in [1.165, 1.54) is 68.4 Å². The molecule has 1 amide bonds. The van der Waals surface area contributed by atoms with Crippen LogP contribution in [0, 0.1) is 25.7 Å². The van der Waals surface area contributed by atoms with E-state index in [1.54, 1.807) is 13.8 Å². The van der Waals surface area contributed by atoms with Gasteiger partial charge in [-0.2, -0.15) is 0 Å². The number of hydrogen-bond acceptors (Lipinski definition) is 14. The van der Waals surface area contributed by atoms with Gasteiger partial charge in [0.2, 0.25) is 11.7 Å². The summed E-state index contributed by atoms with van der Waals surface area (Å²) in [5, 5.41) is 58.6. The van der Waals surface area contributed by atoms with E-state index in [-0.39, 0.29) is 28.3 Å². The van der Waals surface area contributed by atoms with Crippen LogP contribution < -0.4 is 16.2 Å². The summed E-state index contributed by atoms with van der Waals surface area (Å²) in [4.78, 5) is 40.1. The molecule has 0 unspecified atom stereocenters. The minimum atomic E-state index is -3.68. The summed E-state index contributed by atoms with van der Waals surface area (Å²) < 4.78 is 31.3. The molecule has 0 bridgehead atoms. The number of phenols is 1. The highest BCUT2D eigenvalue weighted by atomic mass is 32.2. The summed E-state index contributed by atoms with van der Waals surface area (Å²) in [6, 6.07) is 8.91. The second-order valence-electron chi connectivity index (χ2n) is 12.9. The number of aliphatic hydroxyl groups is 4. The van der Waals surface area contributed by atoms with Crippen LogP contribution in [0.1, 0.15) is 35.7 Å². The van der Waals surface area contributed by atoms with Gasteiger partial charge in [0.15, 0.2) is 11.4 Å². The minimum Gasteiger partial charge on any atom is -0.508 e. The molecule has 1 fully saturated rings. The third-order valence-corrected chi connectivity index (χ3v) is 10.9. The highest BCUT2D eigenvalue weighted by molar-refractivity contribution is 7.92. The van der Waals surface area contributed by atoms with Gasteiger partial charge in [0.05, 0.1) is 27.8 Å². The number of phenolic OH excluding ortho intramolecular Hbond substituents is 1. The van der Waals surface area contributed by atoms with Crippen LogP contribution in [0.4, 0.5) is 11.6 Å². The molecule has 2 aromatic carbocycles. The number of benzene rings is 2. The minimum absolute atomic E-state index is 0.116. The van der Waals surface area contributed by atoms with Gasteiger partial charge < -0.3 is 41.5 Å². The molecule has 5 atom stereocenters. The van der Waals surface area contributed by atoms with Crippen molar-refractivity contribution in [1.29, 1.82) is 0 Å². The Hall–Kier alpha value is -5.23. The molecule has 266 valence electrons. The number of carbonyl (C=O) groups excluding carboxylic acids is 3. The average Bonchev–Trinajstić information content (AvgIpc) is 3.33. The Morgan fingerprint density at radius 3 is 2.22 bits per heavy atom. The maximum atomic E-state index is 13.7. The normalized spacial score (nSPS) is 26.1. The Labute approximate surface area is 286 Å². The number of nitrogens with zero attached hydrogens (tertiary/aromatic N) is 2. The van der Waals surface area contributed by atoms with Crippen LogP contribution in [0.5, 0.6) is 5.75 Å². The lowest BCUT2D eigenvalue weighted by Crippen LogP contribution is -2.67. The number of fused-ring (bicyclic) bond motifs is 3. The number of rotatable bonds is 5. The second-order valence-corrected chi connectivity index (χ2v) is 14.5. The Morgan fingerprint density at radius 1 is 1.06 bits per heavy atom. The number of aliphatic hydroxyl groups excluding tert-OH is 2. The molecule has 6 rings (SSSR count). The Kier molecular flexibility index (Phi) is 8.85. The third kappa shape index (κ3) is 5.47. The fraction of sp³-hybridized carbons (Fsp3) is 0.333. The van der Waals surface area contributed by atoms with Gasteiger partial charge >= 0.3 is 0 Å². The van der Waals surface area contributed by atoms with Crippen molar-refractivity contribution in [3.63, 3.8) is 0 Å². The summed E-state index contributed by atoms with van der Waals surface area (Å²) in [6.45, 7) is 4.87. The average molecular weight is 712 g/mol. The number of sulfonamides is 1. The first-order valence-corrected chi connectivity index (χ1v) is 16.7. The molecular formula is C33H37N5O11S. The van der Waals surface area contributed by atoms with Crippen molar-refractivity contribution in [1.82, 2.24) is 10.1 Å². The molecule has 50 heavy (non-hydrogen) atoms. The predicted molar refractivity (Wildman–Crippen MR) is 178 cm³/mol. The van der Waals surface area contributed by atoms with E-state index in [4.69, 9.17) is 16.0 Å². The van der Waals surface area contributed by atoms with E-state index in [9.17, 15) is 48.3 Å². The van der Waals surface area contributed by atoms with Crippen LogP contribution in [-0.2, 0) is 30.0 Å². The lowest BCUT2D eigenvalue weighted by atomic mass is 9.54. The number of aromatic hydroxyl groups is 1. The molecule has 3 aliphatic rings. The molecule has 16 nitrogen and oxygen atoms in total. The maximum Gasteiger partial charge on any atom is 0.264 e. The second kappa shape index (κ2) is 12.3. The van der Waals surface area contributed by atoms with Gasteiger partial charge in [0, 0.05) is 28.7 Å². The SMILES string of the molecule is CN(C)[C@@H]1C(=O)C(C(N)=O)=C(O)[C@@]2(O)C(=O)C3=C(O)c4c(O)cccc4[C@@](C)(O)[C@H]3C[C@@H]12.Cc1noc(NS(=O)(=O)c2ccc(N)cc2)c1C. The van der Waals surface area contributed by atoms with Crippen LogP contribution in [0.2, 0.25) is 0 Å². The quantitative estimate of drug-likeness (QED) is 0.137. The number of aromatic nitrogens is 1. The number of anilines is 2. The maximum absolute atomic E-state index is 13.7. The smallest absolute Gasteiger partial charge is 0.264 e. The lowest BCUT2D eigenvalue weighted by Gasteiger charge is -2.53. The molecule has 3 aromatic rings. The summed E-state index contributed by atoms with van der Waals surface area (Å²) in [5.41, 5.74) is 6.76. The van der Waals surface area contributed by atoms with Crippen molar-refractivity contribution in [3.8, 4) is 5.75 Å². The van der Waals surface area contributed by atoms with Crippen molar-refractivity contribution in [2.75, 3.05) is 24.6 Å². The van der Waals surface area contributed by atoms with Crippen LogP contribution >= 0.6 is 0 Å². The van der Waals surface area contributed by atoms with Crippen LogP contribution in [-0.4, -0.2) is 87.2 Å². The van der Waals surface area contributed by atoms with Crippen molar-refractivity contribution in [3.05, 3.63) is 81.8 Å². The summed E-state index contributed by atoms with van der Waals surface area (Å²) >= 11 is 0. The van der Waals surface area contributed by atoms with Gasteiger partial charge in [-0.3, -0.25) is 19.3 Å². The van der Waals surface area contributed by atoms with E-state index in [0.29, 0.717) is 16.9 Å². The molecule has 1 saturated carbocycles. The largest absolute Gasteiger partial charge is 0.508 e. The van der Waals surface area contributed by atoms with E-state index >= 15 is 0 Å². The number of hydrogen-bond donors (Lipinski definition) is 8.